The van der Waals surface area contributed by atoms with Crippen molar-refractivity contribution in [1.82, 2.24) is 10.2 Å². The average Bonchev–Trinajstić information content (AvgIpc) is 3.20. The average molecular weight is 421 g/mol. The van der Waals surface area contributed by atoms with Gasteiger partial charge in [0.15, 0.2) is 0 Å². The van der Waals surface area contributed by atoms with Crippen molar-refractivity contribution >= 4 is 23.4 Å². The van der Waals surface area contributed by atoms with Gasteiger partial charge in [-0.3, -0.25) is 0 Å². The Balaban J connectivity index is 1.43. The maximum Gasteiger partial charge on any atom is 0.118 e. The first-order chi connectivity index (χ1) is 14.7. The van der Waals surface area contributed by atoms with Crippen LogP contribution in [0, 0.1) is 0 Å². The van der Waals surface area contributed by atoms with Gasteiger partial charge in [0, 0.05) is 30.9 Å². The Labute approximate surface area is 185 Å². The third-order valence-electron chi connectivity index (χ3n) is 6.22. The standard InChI is InChI=1S/C26H32N2OS/c1-29-23-11-9-20(10-12-23)14-17-28(19-25-26(30)13-16-27-25)18-15-22-7-4-6-21-5-2-3-8-24(21)22/h2-12,25-27,30H,13-19H2,1H3. The highest BCUT2D eigenvalue weighted by Crippen LogP contribution is 2.20. The largest absolute Gasteiger partial charge is 0.497 e. The van der Waals surface area contributed by atoms with E-state index in [1.807, 2.05) is 0 Å². The van der Waals surface area contributed by atoms with Crippen molar-refractivity contribution in [3.05, 3.63) is 77.9 Å². The molecule has 1 aliphatic rings. The number of hydrogen-bond acceptors (Lipinski definition) is 4. The van der Waals surface area contributed by atoms with Gasteiger partial charge in [0.2, 0.25) is 0 Å². The third kappa shape index (κ3) is 5.37. The lowest BCUT2D eigenvalue weighted by molar-refractivity contribution is 0.256. The number of hydrogen-bond donors (Lipinski definition) is 2. The lowest BCUT2D eigenvalue weighted by Crippen LogP contribution is -2.42. The molecule has 1 heterocycles. The Morgan fingerprint density at radius 1 is 0.967 bits per heavy atom. The molecule has 3 aromatic carbocycles. The first-order valence-electron chi connectivity index (χ1n) is 11.0. The van der Waals surface area contributed by atoms with E-state index in [4.69, 9.17) is 17.4 Å². The van der Waals surface area contributed by atoms with Gasteiger partial charge in [0.25, 0.3) is 0 Å². The van der Waals surface area contributed by atoms with Crippen LogP contribution < -0.4 is 10.1 Å². The van der Waals surface area contributed by atoms with Gasteiger partial charge in [-0.15, -0.1) is 0 Å². The molecule has 30 heavy (non-hydrogen) atoms. The van der Waals surface area contributed by atoms with Gasteiger partial charge in [0.05, 0.1) is 7.11 Å². The highest BCUT2D eigenvalue weighted by molar-refractivity contribution is 7.81. The molecule has 2 unspecified atom stereocenters. The predicted molar refractivity (Wildman–Crippen MR) is 130 cm³/mol. The van der Waals surface area contributed by atoms with Crippen molar-refractivity contribution in [2.24, 2.45) is 0 Å². The van der Waals surface area contributed by atoms with Crippen molar-refractivity contribution in [3.8, 4) is 5.75 Å². The zero-order valence-electron chi connectivity index (χ0n) is 17.8. The number of fused-ring (bicyclic) bond motifs is 1. The highest BCUT2D eigenvalue weighted by atomic mass is 32.1. The quantitative estimate of drug-likeness (QED) is 0.495. The molecule has 0 saturated carbocycles. The summed E-state index contributed by atoms with van der Waals surface area (Å²) in [6, 6.07) is 24.3. The third-order valence-corrected chi connectivity index (χ3v) is 6.84. The molecule has 0 aliphatic carbocycles. The summed E-state index contributed by atoms with van der Waals surface area (Å²) in [5, 5.41) is 6.80. The second-order valence-electron chi connectivity index (χ2n) is 8.20. The van der Waals surface area contributed by atoms with E-state index in [9.17, 15) is 0 Å². The molecule has 3 aromatic rings. The van der Waals surface area contributed by atoms with Gasteiger partial charge in [-0.2, -0.15) is 12.6 Å². The molecule has 0 radical (unpaired) electrons. The molecule has 158 valence electrons. The topological polar surface area (TPSA) is 24.5 Å². The Bertz CT molecular complexity index is 938. The van der Waals surface area contributed by atoms with Gasteiger partial charge < -0.3 is 15.0 Å². The molecule has 0 amide bonds. The number of nitrogens with zero attached hydrogens (tertiary/aromatic N) is 1. The molecule has 1 aliphatic heterocycles. The van der Waals surface area contributed by atoms with E-state index in [1.165, 1.54) is 21.9 Å². The monoisotopic (exact) mass is 420 g/mol. The maximum atomic E-state index is 5.29. The fourth-order valence-electron chi connectivity index (χ4n) is 4.38. The Morgan fingerprint density at radius 2 is 1.73 bits per heavy atom. The summed E-state index contributed by atoms with van der Waals surface area (Å²) in [6.45, 7) is 4.24. The Morgan fingerprint density at radius 3 is 2.50 bits per heavy atom. The zero-order chi connectivity index (χ0) is 20.8. The summed E-state index contributed by atoms with van der Waals surface area (Å²) in [6.07, 6.45) is 3.26. The van der Waals surface area contributed by atoms with Crippen LogP contribution in [0.2, 0.25) is 0 Å². The maximum absolute atomic E-state index is 5.29. The van der Waals surface area contributed by atoms with Crippen LogP contribution in [-0.2, 0) is 12.8 Å². The molecule has 1 saturated heterocycles. The minimum absolute atomic E-state index is 0.450. The first-order valence-corrected chi connectivity index (χ1v) is 11.5. The number of rotatable bonds is 9. The molecule has 1 fully saturated rings. The number of thiol groups is 1. The van der Waals surface area contributed by atoms with Crippen LogP contribution >= 0.6 is 12.6 Å². The molecule has 0 spiro atoms. The predicted octanol–water partition coefficient (Wildman–Crippen LogP) is 4.60. The Hall–Kier alpha value is -2.01. The van der Waals surface area contributed by atoms with Gasteiger partial charge in [-0.1, -0.05) is 54.6 Å². The van der Waals surface area contributed by atoms with E-state index in [0.29, 0.717) is 11.3 Å². The van der Waals surface area contributed by atoms with Crippen molar-refractivity contribution in [3.63, 3.8) is 0 Å². The minimum atomic E-state index is 0.450. The second kappa shape index (κ2) is 10.3. The summed E-state index contributed by atoms with van der Waals surface area (Å²) in [5.74, 6) is 0.916. The number of methoxy groups -OCH3 is 1. The number of ether oxygens (including phenoxy) is 1. The molecule has 0 bridgehead atoms. The van der Waals surface area contributed by atoms with E-state index in [1.54, 1.807) is 7.11 Å². The van der Waals surface area contributed by atoms with E-state index in [-0.39, 0.29) is 0 Å². The van der Waals surface area contributed by atoms with Crippen LogP contribution in [0.15, 0.2) is 66.7 Å². The van der Waals surface area contributed by atoms with Gasteiger partial charge >= 0.3 is 0 Å². The number of benzene rings is 3. The highest BCUT2D eigenvalue weighted by Gasteiger charge is 2.25. The van der Waals surface area contributed by atoms with E-state index in [2.05, 4.69) is 76.9 Å². The smallest absolute Gasteiger partial charge is 0.118 e. The number of nitrogens with one attached hydrogen (secondary N) is 1. The molecule has 0 aromatic heterocycles. The van der Waals surface area contributed by atoms with Crippen LogP contribution in [0.3, 0.4) is 0 Å². The molecule has 4 heteroatoms. The lowest BCUT2D eigenvalue weighted by atomic mass is 10.0. The molecule has 2 atom stereocenters. The minimum Gasteiger partial charge on any atom is -0.497 e. The first kappa shape index (κ1) is 21.2. The van der Waals surface area contributed by atoms with Crippen LogP contribution in [-0.4, -0.2) is 49.5 Å². The van der Waals surface area contributed by atoms with E-state index in [0.717, 1.165) is 51.2 Å². The lowest BCUT2D eigenvalue weighted by Gasteiger charge is -2.27. The van der Waals surface area contributed by atoms with Crippen molar-refractivity contribution in [2.75, 3.05) is 33.3 Å². The van der Waals surface area contributed by atoms with Crippen molar-refractivity contribution in [1.29, 1.82) is 0 Å². The SMILES string of the molecule is COc1ccc(CCN(CCc2cccc3ccccc23)CC2NCCC2S)cc1. The van der Waals surface area contributed by atoms with Crippen molar-refractivity contribution in [2.45, 2.75) is 30.6 Å². The van der Waals surface area contributed by atoms with Crippen LogP contribution in [0.4, 0.5) is 0 Å². The molecular weight excluding hydrogens is 388 g/mol. The van der Waals surface area contributed by atoms with Crippen LogP contribution in [0.25, 0.3) is 10.8 Å². The second-order valence-corrected chi connectivity index (χ2v) is 8.87. The van der Waals surface area contributed by atoms with E-state index < -0.39 is 0 Å². The summed E-state index contributed by atoms with van der Waals surface area (Å²) in [4.78, 5) is 2.61. The van der Waals surface area contributed by atoms with Crippen LogP contribution in [0.5, 0.6) is 5.75 Å². The fraction of sp³-hybridized carbons (Fsp3) is 0.385. The fourth-order valence-corrected chi connectivity index (χ4v) is 4.71. The van der Waals surface area contributed by atoms with Crippen molar-refractivity contribution < 1.29 is 4.74 Å². The molecule has 1 N–H and O–H groups in total. The summed E-state index contributed by atoms with van der Waals surface area (Å²) in [5.41, 5.74) is 2.79. The Kier molecular flexibility index (Phi) is 7.32. The summed E-state index contributed by atoms with van der Waals surface area (Å²) < 4.78 is 5.29. The normalized spacial score (nSPS) is 18.9. The van der Waals surface area contributed by atoms with Gasteiger partial charge in [-0.25, -0.2) is 0 Å². The zero-order valence-corrected chi connectivity index (χ0v) is 18.7. The molecule has 4 rings (SSSR count). The summed E-state index contributed by atoms with van der Waals surface area (Å²) >= 11 is 4.81. The molecule has 3 nitrogen and oxygen atoms in total. The molecular formula is C26H32N2OS. The van der Waals surface area contributed by atoms with Gasteiger partial charge in [0.1, 0.15) is 5.75 Å². The van der Waals surface area contributed by atoms with Crippen LogP contribution in [0.1, 0.15) is 17.5 Å². The summed E-state index contributed by atoms with van der Waals surface area (Å²) in [7, 11) is 1.71. The van der Waals surface area contributed by atoms with Gasteiger partial charge in [-0.05, 0) is 59.8 Å². The van der Waals surface area contributed by atoms with E-state index >= 15 is 0 Å².